The number of rotatable bonds is 3. The number of halogens is 3. The van der Waals surface area contributed by atoms with Crippen molar-refractivity contribution in [3.05, 3.63) is 68.1 Å². The van der Waals surface area contributed by atoms with Crippen LogP contribution in [0.4, 0.5) is 0 Å². The van der Waals surface area contributed by atoms with Crippen LogP contribution in [0.5, 0.6) is 0 Å². The second kappa shape index (κ2) is 5.84. The summed E-state index contributed by atoms with van der Waals surface area (Å²) in [5.74, 6) is 0. The van der Waals surface area contributed by atoms with Crippen molar-refractivity contribution in [1.29, 1.82) is 0 Å². The van der Waals surface area contributed by atoms with Crippen molar-refractivity contribution < 1.29 is 0 Å². The molecule has 0 radical (unpaired) electrons. The highest BCUT2D eigenvalue weighted by Crippen LogP contribution is 2.29. The molecule has 0 spiro atoms. The molecule has 0 amide bonds. The summed E-state index contributed by atoms with van der Waals surface area (Å²) < 4.78 is 0.964. The minimum absolute atomic E-state index is 0.484. The van der Waals surface area contributed by atoms with Crippen LogP contribution in [0.3, 0.4) is 0 Å². The van der Waals surface area contributed by atoms with Crippen molar-refractivity contribution in [2.24, 2.45) is 5.73 Å². The zero-order valence-corrected chi connectivity index (χ0v) is 13.6. The lowest BCUT2D eigenvalue weighted by molar-refractivity contribution is 0.491. The van der Waals surface area contributed by atoms with E-state index >= 15 is 0 Å². The lowest BCUT2D eigenvalue weighted by Crippen LogP contribution is -2.35. The van der Waals surface area contributed by atoms with Crippen molar-refractivity contribution in [3.8, 4) is 0 Å². The van der Waals surface area contributed by atoms with E-state index in [4.69, 9.17) is 28.9 Å². The predicted molar refractivity (Wildman–Crippen MR) is 85.8 cm³/mol. The maximum atomic E-state index is 6.41. The highest BCUT2D eigenvalue weighted by Gasteiger charge is 2.22. The summed E-state index contributed by atoms with van der Waals surface area (Å²) in [7, 11) is 0. The topological polar surface area (TPSA) is 26.0 Å². The average Bonchev–Trinajstić information content (AvgIpc) is 2.33. The Morgan fingerprint density at radius 3 is 2.32 bits per heavy atom. The van der Waals surface area contributed by atoms with Crippen molar-refractivity contribution in [2.75, 3.05) is 0 Å². The highest BCUT2D eigenvalue weighted by atomic mass is 79.9. The molecule has 0 aliphatic heterocycles. The molecule has 2 aromatic rings. The van der Waals surface area contributed by atoms with Crippen LogP contribution in [0.25, 0.3) is 0 Å². The van der Waals surface area contributed by atoms with E-state index in [-0.39, 0.29) is 0 Å². The molecule has 0 aliphatic carbocycles. The Labute approximate surface area is 131 Å². The van der Waals surface area contributed by atoms with Gasteiger partial charge < -0.3 is 5.73 Å². The number of hydrogen-bond donors (Lipinski definition) is 1. The zero-order chi connectivity index (χ0) is 14.0. The molecule has 4 heteroatoms. The molecule has 2 N–H and O–H groups in total. The summed E-state index contributed by atoms with van der Waals surface area (Å²) in [5, 5.41) is 1.43. The molecule has 0 saturated heterocycles. The van der Waals surface area contributed by atoms with Crippen molar-refractivity contribution in [1.82, 2.24) is 0 Å². The lowest BCUT2D eigenvalue weighted by Gasteiger charge is -2.26. The van der Waals surface area contributed by atoms with Gasteiger partial charge in [-0.05, 0) is 48.7 Å². The minimum atomic E-state index is -0.484. The summed E-state index contributed by atoms with van der Waals surface area (Å²) in [6, 6.07) is 13.5. The van der Waals surface area contributed by atoms with Gasteiger partial charge in [-0.1, -0.05) is 57.3 Å². The third-order valence-electron chi connectivity index (χ3n) is 3.08. The molecule has 0 saturated carbocycles. The van der Waals surface area contributed by atoms with Gasteiger partial charge in [0.2, 0.25) is 0 Å². The third kappa shape index (κ3) is 3.73. The van der Waals surface area contributed by atoms with E-state index in [1.54, 1.807) is 0 Å². The maximum absolute atomic E-state index is 6.41. The third-order valence-corrected chi connectivity index (χ3v) is 4.17. The van der Waals surface area contributed by atoms with Crippen molar-refractivity contribution >= 4 is 39.1 Å². The van der Waals surface area contributed by atoms with E-state index in [1.165, 1.54) is 0 Å². The van der Waals surface area contributed by atoms with Crippen LogP contribution in [-0.4, -0.2) is 0 Å². The first-order valence-corrected chi connectivity index (χ1v) is 7.42. The molecule has 0 bridgehead atoms. The fourth-order valence-corrected chi connectivity index (χ4v) is 2.86. The molecule has 1 nitrogen and oxygen atoms in total. The summed E-state index contributed by atoms with van der Waals surface area (Å²) in [6.45, 7) is 1.99. The van der Waals surface area contributed by atoms with Crippen LogP contribution < -0.4 is 5.73 Å². The molecule has 0 aromatic heterocycles. The number of benzene rings is 2. The van der Waals surface area contributed by atoms with Gasteiger partial charge in [0.05, 0.1) is 0 Å². The van der Waals surface area contributed by atoms with Crippen LogP contribution in [0, 0.1) is 0 Å². The fourth-order valence-electron chi connectivity index (χ4n) is 1.99. The van der Waals surface area contributed by atoms with Gasteiger partial charge in [0, 0.05) is 20.1 Å². The van der Waals surface area contributed by atoms with Crippen LogP contribution >= 0.6 is 39.1 Å². The maximum Gasteiger partial charge on any atom is 0.0450 e. The number of nitrogens with two attached hydrogens (primary N) is 1. The Morgan fingerprint density at radius 1 is 1.11 bits per heavy atom. The van der Waals surface area contributed by atoms with Gasteiger partial charge in [0.25, 0.3) is 0 Å². The second-order valence-electron chi connectivity index (χ2n) is 4.84. The minimum Gasteiger partial charge on any atom is -0.321 e. The second-order valence-corrected chi connectivity index (χ2v) is 6.60. The first-order valence-electron chi connectivity index (χ1n) is 5.87. The molecule has 100 valence electrons. The molecular formula is C15H14BrCl2N. The molecule has 2 aromatic carbocycles. The van der Waals surface area contributed by atoms with E-state index in [0.29, 0.717) is 11.4 Å². The Hall–Kier alpha value is -0.540. The largest absolute Gasteiger partial charge is 0.321 e. The predicted octanol–water partition coefficient (Wildman–Crippen LogP) is 5.17. The van der Waals surface area contributed by atoms with Crippen molar-refractivity contribution in [2.45, 2.75) is 18.9 Å². The van der Waals surface area contributed by atoms with Gasteiger partial charge in [0.1, 0.15) is 0 Å². The van der Waals surface area contributed by atoms with Crippen LogP contribution in [0.2, 0.25) is 10.0 Å². The normalized spacial score (nSPS) is 14.2. The molecule has 19 heavy (non-hydrogen) atoms. The Kier molecular flexibility index (Phi) is 4.57. The summed E-state index contributed by atoms with van der Waals surface area (Å²) in [6.07, 6.45) is 0.667. The van der Waals surface area contributed by atoms with E-state index in [0.717, 1.165) is 20.6 Å². The van der Waals surface area contributed by atoms with Gasteiger partial charge >= 0.3 is 0 Å². The van der Waals surface area contributed by atoms with Gasteiger partial charge in [-0.3, -0.25) is 0 Å². The summed E-state index contributed by atoms with van der Waals surface area (Å²) >= 11 is 15.5. The Bertz CT molecular complexity index is 579. The van der Waals surface area contributed by atoms with E-state index in [1.807, 2.05) is 49.4 Å². The van der Waals surface area contributed by atoms with E-state index in [9.17, 15) is 0 Å². The van der Waals surface area contributed by atoms with Gasteiger partial charge in [-0.25, -0.2) is 0 Å². The van der Waals surface area contributed by atoms with Crippen LogP contribution in [-0.2, 0) is 12.0 Å². The smallest absolute Gasteiger partial charge is 0.0450 e. The number of hydrogen-bond acceptors (Lipinski definition) is 1. The molecule has 1 unspecified atom stereocenters. The fraction of sp³-hybridized carbons (Fsp3) is 0.200. The van der Waals surface area contributed by atoms with Gasteiger partial charge in [-0.15, -0.1) is 0 Å². The average molecular weight is 359 g/mol. The summed E-state index contributed by atoms with van der Waals surface area (Å²) in [5.41, 5.74) is 8.00. The SMILES string of the molecule is CC(N)(Cc1ccc(Br)cc1Cl)c1ccc(Cl)cc1. The molecule has 0 heterocycles. The van der Waals surface area contributed by atoms with Crippen LogP contribution in [0.15, 0.2) is 46.9 Å². The molecule has 1 atom stereocenters. The zero-order valence-electron chi connectivity index (χ0n) is 10.5. The van der Waals surface area contributed by atoms with E-state index in [2.05, 4.69) is 15.9 Å². The Balaban J connectivity index is 2.27. The molecule has 0 aliphatic rings. The Morgan fingerprint density at radius 2 is 1.74 bits per heavy atom. The quantitative estimate of drug-likeness (QED) is 0.804. The summed E-state index contributed by atoms with van der Waals surface area (Å²) in [4.78, 5) is 0. The van der Waals surface area contributed by atoms with Gasteiger partial charge in [0.15, 0.2) is 0 Å². The van der Waals surface area contributed by atoms with Crippen LogP contribution in [0.1, 0.15) is 18.1 Å². The molecular weight excluding hydrogens is 345 g/mol. The molecule has 0 fully saturated rings. The molecule has 2 rings (SSSR count). The van der Waals surface area contributed by atoms with Gasteiger partial charge in [-0.2, -0.15) is 0 Å². The van der Waals surface area contributed by atoms with Crippen molar-refractivity contribution in [3.63, 3.8) is 0 Å². The van der Waals surface area contributed by atoms with E-state index < -0.39 is 5.54 Å². The lowest BCUT2D eigenvalue weighted by atomic mass is 9.86. The monoisotopic (exact) mass is 357 g/mol. The standard InChI is InChI=1S/C15H14BrCl2N/c1-15(19,11-3-6-13(17)7-4-11)9-10-2-5-12(16)8-14(10)18/h2-8H,9,19H2,1H3. The first-order chi connectivity index (χ1) is 8.88. The first kappa shape index (κ1) is 14.9. The highest BCUT2D eigenvalue weighted by molar-refractivity contribution is 9.10.